The molecule has 0 radical (unpaired) electrons. The number of nitrogens with one attached hydrogen (secondary N) is 1. The molecule has 0 saturated heterocycles. The third-order valence-electron chi connectivity index (χ3n) is 2.45. The number of hydrogen-bond acceptors (Lipinski definition) is 4. The van der Waals surface area contributed by atoms with E-state index in [1.54, 1.807) is 14.2 Å². The predicted molar refractivity (Wildman–Crippen MR) is 72.4 cm³/mol. The zero-order chi connectivity index (χ0) is 13.4. The lowest BCUT2D eigenvalue weighted by molar-refractivity contribution is 0.0793. The van der Waals surface area contributed by atoms with Crippen LogP contribution in [0.1, 0.15) is 13.8 Å². The lowest BCUT2D eigenvalue weighted by Gasteiger charge is -2.20. The molecule has 0 saturated carbocycles. The highest BCUT2D eigenvalue weighted by Crippen LogP contribution is 2.19. The molecule has 1 rings (SSSR count). The van der Waals surface area contributed by atoms with Crippen LogP contribution in [0.25, 0.3) is 0 Å². The summed E-state index contributed by atoms with van der Waals surface area (Å²) in [7, 11) is 3.32. The van der Waals surface area contributed by atoms with Crippen LogP contribution in [-0.4, -0.2) is 39.5 Å². The van der Waals surface area contributed by atoms with Crippen LogP contribution in [0, 0.1) is 0 Å². The van der Waals surface area contributed by atoms with Gasteiger partial charge in [-0.25, -0.2) is 0 Å². The van der Waals surface area contributed by atoms with Crippen molar-refractivity contribution in [2.75, 3.05) is 27.4 Å². The smallest absolute Gasteiger partial charge is 0.134 e. The first-order valence-electron chi connectivity index (χ1n) is 6.18. The van der Waals surface area contributed by atoms with Gasteiger partial charge in [0.15, 0.2) is 0 Å². The van der Waals surface area contributed by atoms with Crippen LogP contribution in [-0.2, 0) is 4.74 Å². The topological polar surface area (TPSA) is 39.7 Å². The second-order valence-corrected chi connectivity index (χ2v) is 4.44. The Bertz CT molecular complexity index is 342. The first-order valence-corrected chi connectivity index (χ1v) is 6.18. The van der Waals surface area contributed by atoms with Gasteiger partial charge in [0.1, 0.15) is 17.6 Å². The maximum atomic E-state index is 5.88. The molecule has 0 aromatic heterocycles. The number of ether oxygens (including phenoxy) is 3. The minimum Gasteiger partial charge on any atom is -0.497 e. The Hall–Kier alpha value is -1.26. The summed E-state index contributed by atoms with van der Waals surface area (Å²) in [5.41, 5.74) is 0. The second kappa shape index (κ2) is 7.95. The molecule has 18 heavy (non-hydrogen) atoms. The Morgan fingerprint density at radius 2 is 1.89 bits per heavy atom. The summed E-state index contributed by atoms with van der Waals surface area (Å²) in [5, 5.41) is 3.34. The second-order valence-electron chi connectivity index (χ2n) is 4.44. The molecule has 1 aromatic rings. The molecule has 4 nitrogen and oxygen atoms in total. The molecule has 0 bridgehead atoms. The summed E-state index contributed by atoms with van der Waals surface area (Å²) in [4.78, 5) is 0. The van der Waals surface area contributed by atoms with Crippen LogP contribution in [0.3, 0.4) is 0 Å². The number of benzene rings is 1. The fourth-order valence-corrected chi connectivity index (χ4v) is 1.55. The van der Waals surface area contributed by atoms with Crippen molar-refractivity contribution >= 4 is 0 Å². The highest BCUT2D eigenvalue weighted by atomic mass is 16.5. The normalized spacial score (nSPS) is 12.5. The van der Waals surface area contributed by atoms with Gasteiger partial charge in [-0.15, -0.1) is 0 Å². The third kappa shape index (κ3) is 5.38. The molecule has 0 amide bonds. The van der Waals surface area contributed by atoms with Gasteiger partial charge in [-0.1, -0.05) is 19.9 Å². The van der Waals surface area contributed by atoms with E-state index in [4.69, 9.17) is 14.2 Å². The van der Waals surface area contributed by atoms with Crippen molar-refractivity contribution in [3.63, 3.8) is 0 Å². The molecule has 0 aliphatic carbocycles. The molecule has 0 aliphatic rings. The molecule has 1 atom stereocenters. The fourth-order valence-electron chi connectivity index (χ4n) is 1.55. The molecular formula is C14H23NO3. The van der Waals surface area contributed by atoms with Crippen molar-refractivity contribution in [3.05, 3.63) is 24.3 Å². The van der Waals surface area contributed by atoms with Crippen LogP contribution >= 0.6 is 0 Å². The molecule has 1 unspecified atom stereocenters. The van der Waals surface area contributed by atoms with E-state index >= 15 is 0 Å². The lowest BCUT2D eigenvalue weighted by Crippen LogP contribution is -2.38. The molecule has 0 aliphatic heterocycles. The van der Waals surface area contributed by atoms with Gasteiger partial charge in [-0.05, 0) is 12.1 Å². The van der Waals surface area contributed by atoms with Gasteiger partial charge in [0.05, 0.1) is 13.7 Å². The molecular weight excluding hydrogens is 230 g/mol. The third-order valence-corrected chi connectivity index (χ3v) is 2.45. The van der Waals surface area contributed by atoms with Crippen LogP contribution in [0.2, 0.25) is 0 Å². The van der Waals surface area contributed by atoms with Crippen LogP contribution in [0.5, 0.6) is 11.5 Å². The van der Waals surface area contributed by atoms with E-state index < -0.39 is 0 Å². The van der Waals surface area contributed by atoms with Crippen molar-refractivity contribution in [3.8, 4) is 11.5 Å². The minimum atomic E-state index is -0.00972. The summed E-state index contributed by atoms with van der Waals surface area (Å²) in [6.45, 7) is 5.52. The Kier molecular flexibility index (Phi) is 6.54. The number of hydrogen-bond donors (Lipinski definition) is 1. The summed E-state index contributed by atoms with van der Waals surface area (Å²) in [6, 6.07) is 8.02. The van der Waals surface area contributed by atoms with E-state index in [-0.39, 0.29) is 6.10 Å². The van der Waals surface area contributed by atoms with Gasteiger partial charge in [0.2, 0.25) is 0 Å². The van der Waals surface area contributed by atoms with Crippen molar-refractivity contribution in [1.82, 2.24) is 5.32 Å². The van der Waals surface area contributed by atoms with Gasteiger partial charge < -0.3 is 19.5 Å². The Morgan fingerprint density at radius 1 is 1.17 bits per heavy atom. The van der Waals surface area contributed by atoms with Crippen molar-refractivity contribution in [2.24, 2.45) is 0 Å². The predicted octanol–water partition coefficient (Wildman–Crippen LogP) is 2.09. The van der Waals surface area contributed by atoms with E-state index in [1.807, 2.05) is 24.3 Å². The highest BCUT2D eigenvalue weighted by molar-refractivity contribution is 5.32. The zero-order valence-electron chi connectivity index (χ0n) is 11.6. The summed E-state index contributed by atoms with van der Waals surface area (Å²) < 4.78 is 16.2. The maximum Gasteiger partial charge on any atom is 0.134 e. The first kappa shape index (κ1) is 14.8. The standard InChI is InChI=1S/C14H23NO3/c1-11(2)15-9-14(10-16-3)18-13-7-5-6-12(8-13)17-4/h5-8,11,14-15H,9-10H2,1-4H3. The van der Waals surface area contributed by atoms with Gasteiger partial charge in [-0.3, -0.25) is 0 Å². The summed E-state index contributed by atoms with van der Waals surface area (Å²) in [6.07, 6.45) is -0.00972. The first-order chi connectivity index (χ1) is 8.65. The molecule has 4 heteroatoms. The van der Waals surface area contributed by atoms with Crippen molar-refractivity contribution in [1.29, 1.82) is 0 Å². The zero-order valence-corrected chi connectivity index (χ0v) is 11.6. The van der Waals surface area contributed by atoms with E-state index in [9.17, 15) is 0 Å². The van der Waals surface area contributed by atoms with Gasteiger partial charge >= 0.3 is 0 Å². The molecule has 1 aromatic carbocycles. The lowest BCUT2D eigenvalue weighted by atomic mass is 10.3. The molecule has 0 spiro atoms. The molecule has 1 N–H and O–H groups in total. The molecule has 102 valence electrons. The van der Waals surface area contributed by atoms with Crippen molar-refractivity contribution in [2.45, 2.75) is 26.0 Å². The summed E-state index contributed by atoms with van der Waals surface area (Å²) in [5.74, 6) is 1.59. The number of rotatable bonds is 8. The van der Waals surface area contributed by atoms with Crippen LogP contribution in [0.15, 0.2) is 24.3 Å². The van der Waals surface area contributed by atoms with Gasteiger partial charge in [0.25, 0.3) is 0 Å². The largest absolute Gasteiger partial charge is 0.497 e. The Morgan fingerprint density at radius 3 is 2.50 bits per heavy atom. The SMILES string of the molecule is COCC(CNC(C)C)Oc1cccc(OC)c1. The van der Waals surface area contributed by atoms with Gasteiger partial charge in [-0.2, -0.15) is 0 Å². The van der Waals surface area contributed by atoms with Crippen LogP contribution < -0.4 is 14.8 Å². The van der Waals surface area contributed by atoms with Gasteiger partial charge in [0, 0.05) is 25.8 Å². The quantitative estimate of drug-likeness (QED) is 0.770. The fraction of sp³-hybridized carbons (Fsp3) is 0.571. The maximum absolute atomic E-state index is 5.88. The molecule has 0 heterocycles. The monoisotopic (exact) mass is 253 g/mol. The average Bonchev–Trinajstić information content (AvgIpc) is 2.36. The summed E-state index contributed by atoms with van der Waals surface area (Å²) >= 11 is 0. The Balaban J connectivity index is 2.57. The highest BCUT2D eigenvalue weighted by Gasteiger charge is 2.11. The van der Waals surface area contributed by atoms with E-state index in [2.05, 4.69) is 19.2 Å². The minimum absolute atomic E-state index is 0.00972. The van der Waals surface area contributed by atoms with Crippen LogP contribution in [0.4, 0.5) is 0 Å². The number of methoxy groups -OCH3 is 2. The molecule has 0 fully saturated rings. The average molecular weight is 253 g/mol. The van der Waals surface area contributed by atoms with E-state index in [1.165, 1.54) is 0 Å². The van der Waals surface area contributed by atoms with E-state index in [0.29, 0.717) is 12.6 Å². The van der Waals surface area contributed by atoms with Crippen molar-refractivity contribution < 1.29 is 14.2 Å². The van der Waals surface area contributed by atoms with E-state index in [0.717, 1.165) is 18.0 Å². The Labute approximate surface area is 109 Å².